The van der Waals surface area contributed by atoms with Crippen LogP contribution in [0.2, 0.25) is 0 Å². The smallest absolute Gasteiger partial charge is 0.127 e. The van der Waals surface area contributed by atoms with Gasteiger partial charge in [-0.25, -0.2) is 4.39 Å². The number of rotatable bonds is 4. The molecule has 0 aliphatic heterocycles. The van der Waals surface area contributed by atoms with E-state index in [2.05, 4.69) is 43.4 Å². The van der Waals surface area contributed by atoms with Crippen LogP contribution in [0.1, 0.15) is 29.0 Å². The van der Waals surface area contributed by atoms with E-state index in [4.69, 9.17) is 0 Å². The summed E-state index contributed by atoms with van der Waals surface area (Å²) in [5.41, 5.74) is 2.03. The number of nitrogens with one attached hydrogen (secondary N) is 1. The van der Waals surface area contributed by atoms with Crippen molar-refractivity contribution < 1.29 is 4.39 Å². The van der Waals surface area contributed by atoms with Crippen molar-refractivity contribution in [1.82, 2.24) is 5.32 Å². The van der Waals surface area contributed by atoms with Gasteiger partial charge < -0.3 is 5.32 Å². The highest BCUT2D eigenvalue weighted by atomic mass is 32.1. The van der Waals surface area contributed by atoms with Gasteiger partial charge in [0, 0.05) is 27.7 Å². The Balaban J connectivity index is 1.80. The van der Waals surface area contributed by atoms with E-state index in [0.29, 0.717) is 12.1 Å². The molecule has 0 spiro atoms. The first-order valence-corrected chi connectivity index (χ1v) is 7.93. The molecule has 2 aromatic carbocycles. The number of hydrogen-bond acceptors (Lipinski definition) is 2. The third-order valence-electron chi connectivity index (χ3n) is 3.83. The normalized spacial score (nSPS) is 12.7. The molecular weight excluding hydrogens is 281 g/mol. The molecule has 0 aliphatic carbocycles. The second-order valence-electron chi connectivity index (χ2n) is 5.28. The van der Waals surface area contributed by atoms with E-state index < -0.39 is 0 Å². The molecule has 0 radical (unpaired) electrons. The molecule has 0 saturated carbocycles. The minimum absolute atomic E-state index is 0.148. The molecule has 21 heavy (non-hydrogen) atoms. The van der Waals surface area contributed by atoms with Gasteiger partial charge in [0.25, 0.3) is 0 Å². The van der Waals surface area contributed by atoms with E-state index in [1.54, 1.807) is 6.07 Å². The molecule has 0 fully saturated rings. The molecule has 1 heterocycles. The van der Waals surface area contributed by atoms with E-state index in [1.807, 2.05) is 23.5 Å². The Morgan fingerprint density at radius 2 is 1.81 bits per heavy atom. The predicted octanol–water partition coefficient (Wildman–Crippen LogP) is 5.20. The third-order valence-corrected chi connectivity index (χ3v) is 5.29. The SMILES string of the molecule is Cc1c(C(C)NCc2ccccc2F)sc2ccccc12. The molecule has 0 aliphatic rings. The number of fused-ring (bicyclic) bond motifs is 1. The quantitative estimate of drug-likeness (QED) is 0.698. The number of halogens is 1. The third kappa shape index (κ3) is 2.85. The summed E-state index contributed by atoms with van der Waals surface area (Å²) in [6.45, 7) is 4.84. The summed E-state index contributed by atoms with van der Waals surface area (Å²) >= 11 is 1.82. The fourth-order valence-corrected chi connectivity index (χ4v) is 3.84. The Hall–Kier alpha value is -1.71. The minimum atomic E-state index is -0.148. The summed E-state index contributed by atoms with van der Waals surface area (Å²) < 4.78 is 15.0. The lowest BCUT2D eigenvalue weighted by Crippen LogP contribution is -2.18. The summed E-state index contributed by atoms with van der Waals surface area (Å²) in [4.78, 5) is 1.33. The Kier molecular flexibility index (Phi) is 4.04. The van der Waals surface area contributed by atoms with Crippen LogP contribution in [0.4, 0.5) is 4.39 Å². The topological polar surface area (TPSA) is 12.0 Å². The van der Waals surface area contributed by atoms with Gasteiger partial charge in [-0.05, 0) is 36.9 Å². The highest BCUT2D eigenvalue weighted by Gasteiger charge is 2.14. The van der Waals surface area contributed by atoms with Gasteiger partial charge in [0.15, 0.2) is 0 Å². The van der Waals surface area contributed by atoms with Crippen molar-refractivity contribution in [3.05, 3.63) is 70.4 Å². The van der Waals surface area contributed by atoms with E-state index in [9.17, 15) is 4.39 Å². The average molecular weight is 299 g/mol. The first-order chi connectivity index (χ1) is 10.2. The molecule has 3 rings (SSSR count). The van der Waals surface area contributed by atoms with Crippen molar-refractivity contribution in [1.29, 1.82) is 0 Å². The highest BCUT2D eigenvalue weighted by molar-refractivity contribution is 7.19. The Morgan fingerprint density at radius 1 is 1.10 bits per heavy atom. The van der Waals surface area contributed by atoms with Crippen LogP contribution < -0.4 is 5.32 Å². The van der Waals surface area contributed by atoms with E-state index in [-0.39, 0.29) is 11.9 Å². The van der Waals surface area contributed by atoms with Crippen molar-refractivity contribution in [2.24, 2.45) is 0 Å². The van der Waals surface area contributed by atoms with Crippen LogP contribution >= 0.6 is 11.3 Å². The summed E-state index contributed by atoms with van der Waals surface area (Å²) in [7, 11) is 0. The van der Waals surface area contributed by atoms with Crippen LogP contribution in [-0.2, 0) is 6.54 Å². The van der Waals surface area contributed by atoms with Crippen LogP contribution in [0, 0.1) is 12.7 Å². The summed E-state index contributed by atoms with van der Waals surface area (Å²) in [5, 5.41) is 4.74. The molecule has 1 atom stereocenters. The van der Waals surface area contributed by atoms with Gasteiger partial charge in [-0.1, -0.05) is 36.4 Å². The molecule has 108 valence electrons. The molecule has 1 unspecified atom stereocenters. The van der Waals surface area contributed by atoms with Gasteiger partial charge in [-0.2, -0.15) is 0 Å². The molecule has 0 bridgehead atoms. The molecule has 3 aromatic rings. The maximum atomic E-state index is 13.7. The lowest BCUT2D eigenvalue weighted by atomic mass is 10.1. The lowest BCUT2D eigenvalue weighted by molar-refractivity contribution is 0.548. The first-order valence-electron chi connectivity index (χ1n) is 7.11. The summed E-state index contributed by atoms with van der Waals surface area (Å²) in [6.07, 6.45) is 0. The van der Waals surface area contributed by atoms with Crippen LogP contribution in [-0.4, -0.2) is 0 Å². The van der Waals surface area contributed by atoms with Gasteiger partial charge in [0.1, 0.15) is 5.82 Å². The van der Waals surface area contributed by atoms with Gasteiger partial charge in [-0.15, -0.1) is 11.3 Å². The van der Waals surface area contributed by atoms with Crippen molar-refractivity contribution >= 4 is 21.4 Å². The first kappa shape index (κ1) is 14.2. The van der Waals surface area contributed by atoms with Crippen LogP contribution in [0.3, 0.4) is 0 Å². The molecule has 0 saturated heterocycles. The van der Waals surface area contributed by atoms with Gasteiger partial charge in [0.2, 0.25) is 0 Å². The molecular formula is C18H18FNS. The maximum absolute atomic E-state index is 13.7. The molecule has 3 heteroatoms. The van der Waals surface area contributed by atoms with Gasteiger partial charge >= 0.3 is 0 Å². The standard InChI is InChI=1S/C18H18FNS/c1-12-15-8-4-6-10-17(15)21-18(12)13(2)20-11-14-7-3-5-9-16(14)19/h3-10,13,20H,11H2,1-2H3. The number of thiophene rings is 1. The predicted molar refractivity (Wildman–Crippen MR) is 88.2 cm³/mol. The minimum Gasteiger partial charge on any atom is -0.305 e. The highest BCUT2D eigenvalue weighted by Crippen LogP contribution is 2.34. The average Bonchev–Trinajstić information content (AvgIpc) is 2.84. The van der Waals surface area contributed by atoms with Crippen LogP contribution in [0.5, 0.6) is 0 Å². The second kappa shape index (κ2) is 5.96. The van der Waals surface area contributed by atoms with Crippen molar-refractivity contribution in [2.75, 3.05) is 0 Å². The Bertz CT molecular complexity index is 763. The van der Waals surface area contributed by atoms with E-state index in [1.165, 1.54) is 26.6 Å². The van der Waals surface area contributed by atoms with Gasteiger partial charge in [0.05, 0.1) is 0 Å². The zero-order valence-corrected chi connectivity index (χ0v) is 13.0. The summed E-state index contributed by atoms with van der Waals surface area (Å²) in [6, 6.07) is 15.6. The van der Waals surface area contributed by atoms with Crippen molar-refractivity contribution in [3.8, 4) is 0 Å². The van der Waals surface area contributed by atoms with Crippen LogP contribution in [0.25, 0.3) is 10.1 Å². The zero-order chi connectivity index (χ0) is 14.8. The number of benzene rings is 2. The van der Waals surface area contributed by atoms with Gasteiger partial charge in [-0.3, -0.25) is 0 Å². The zero-order valence-electron chi connectivity index (χ0n) is 12.2. The molecule has 0 amide bonds. The number of aryl methyl sites for hydroxylation is 1. The van der Waals surface area contributed by atoms with E-state index >= 15 is 0 Å². The summed E-state index contributed by atoms with van der Waals surface area (Å²) in [5.74, 6) is -0.148. The molecule has 1 aromatic heterocycles. The maximum Gasteiger partial charge on any atom is 0.127 e. The fourth-order valence-electron chi connectivity index (χ4n) is 2.60. The Labute approximate surface area is 128 Å². The fraction of sp³-hybridized carbons (Fsp3) is 0.222. The van der Waals surface area contributed by atoms with E-state index in [0.717, 1.165) is 0 Å². The van der Waals surface area contributed by atoms with Crippen molar-refractivity contribution in [3.63, 3.8) is 0 Å². The second-order valence-corrected chi connectivity index (χ2v) is 6.37. The Morgan fingerprint density at radius 3 is 2.57 bits per heavy atom. The molecule has 1 nitrogen and oxygen atoms in total. The largest absolute Gasteiger partial charge is 0.305 e. The molecule has 1 N–H and O–H groups in total. The van der Waals surface area contributed by atoms with Crippen LogP contribution in [0.15, 0.2) is 48.5 Å². The monoisotopic (exact) mass is 299 g/mol. The van der Waals surface area contributed by atoms with Crippen molar-refractivity contribution in [2.45, 2.75) is 26.4 Å². The number of hydrogen-bond donors (Lipinski definition) is 1. The lowest BCUT2D eigenvalue weighted by Gasteiger charge is -2.14.